The molecule has 0 aliphatic heterocycles. The highest BCUT2D eigenvalue weighted by atomic mass is 79.9. The molecule has 1 N–H and O–H groups in total. The molecule has 1 heterocycles. The zero-order valence-corrected chi connectivity index (χ0v) is 17.7. The summed E-state index contributed by atoms with van der Waals surface area (Å²) in [5, 5.41) is 5.29. The Kier molecular flexibility index (Phi) is 6.14. The molecule has 0 saturated heterocycles. The normalized spacial score (nSPS) is 16.5. The van der Waals surface area contributed by atoms with Gasteiger partial charge in [0.05, 0.1) is 10.8 Å². The number of nitrogens with zero attached hydrogens (tertiary/aromatic N) is 1. The monoisotopic (exact) mass is 456 g/mol. The average Bonchev–Trinajstić information content (AvgIpc) is 3.24. The van der Waals surface area contributed by atoms with Gasteiger partial charge >= 0.3 is 0 Å². The van der Waals surface area contributed by atoms with Crippen LogP contribution in [0, 0.1) is 5.92 Å². The van der Waals surface area contributed by atoms with Crippen LogP contribution in [0.1, 0.15) is 43.6 Å². The number of thiazole rings is 1. The first-order valence-electron chi connectivity index (χ1n) is 8.54. The number of halogens is 1. The summed E-state index contributed by atoms with van der Waals surface area (Å²) < 4.78 is 24.2. The first-order valence-corrected chi connectivity index (χ1v) is 12.1. The third-order valence-corrected chi connectivity index (χ3v) is 7.54. The second kappa shape index (κ2) is 8.19. The third-order valence-electron chi connectivity index (χ3n) is 4.78. The van der Waals surface area contributed by atoms with Crippen molar-refractivity contribution in [3.05, 3.63) is 39.8 Å². The molecule has 3 rings (SSSR count). The zero-order valence-electron chi connectivity index (χ0n) is 14.4. The topological polar surface area (TPSA) is 76.1 Å². The molecule has 26 heavy (non-hydrogen) atoms. The predicted molar refractivity (Wildman–Crippen MR) is 107 cm³/mol. The Labute approximate surface area is 166 Å². The molecule has 1 amide bonds. The molecule has 5 nitrogen and oxygen atoms in total. The van der Waals surface area contributed by atoms with E-state index in [2.05, 4.69) is 26.2 Å². The number of hydrogen-bond acceptors (Lipinski definition) is 5. The maximum atomic E-state index is 12.9. The fraction of sp³-hybridized carbons (Fsp3) is 0.444. The molecule has 1 aliphatic rings. The molecule has 0 spiro atoms. The van der Waals surface area contributed by atoms with E-state index in [9.17, 15) is 13.2 Å². The van der Waals surface area contributed by atoms with E-state index in [1.807, 2.05) is 5.38 Å². The van der Waals surface area contributed by atoms with Crippen LogP contribution in [0.4, 0.5) is 5.13 Å². The van der Waals surface area contributed by atoms with Crippen molar-refractivity contribution in [2.24, 2.45) is 5.92 Å². The molecule has 1 aliphatic carbocycles. The van der Waals surface area contributed by atoms with E-state index in [0.717, 1.165) is 24.8 Å². The minimum Gasteiger partial charge on any atom is -0.301 e. The highest BCUT2D eigenvalue weighted by molar-refractivity contribution is 9.10. The minimum absolute atomic E-state index is 0.0918. The summed E-state index contributed by atoms with van der Waals surface area (Å²) in [5.74, 6) is 0.105. The number of anilines is 1. The Hall–Kier alpha value is -1.25. The van der Waals surface area contributed by atoms with Gasteiger partial charge in [0.25, 0.3) is 0 Å². The number of benzene rings is 1. The molecule has 1 unspecified atom stereocenters. The van der Waals surface area contributed by atoms with E-state index in [-0.39, 0.29) is 16.7 Å². The lowest BCUT2D eigenvalue weighted by Crippen LogP contribution is -2.23. The molecule has 1 atom stereocenters. The Morgan fingerprint density at radius 3 is 2.69 bits per heavy atom. The first-order chi connectivity index (χ1) is 12.3. The fourth-order valence-electron chi connectivity index (χ4n) is 3.49. The van der Waals surface area contributed by atoms with Gasteiger partial charge in [-0.05, 0) is 46.0 Å². The maximum Gasteiger partial charge on any atom is 0.233 e. The van der Waals surface area contributed by atoms with Gasteiger partial charge in [-0.15, -0.1) is 11.3 Å². The number of nitrogens with one attached hydrogen (secondary N) is 1. The summed E-state index contributed by atoms with van der Waals surface area (Å²) >= 11 is 4.74. The van der Waals surface area contributed by atoms with Crippen molar-refractivity contribution in [3.8, 4) is 0 Å². The van der Waals surface area contributed by atoms with E-state index in [1.54, 1.807) is 24.4 Å². The first kappa shape index (κ1) is 19.5. The van der Waals surface area contributed by atoms with E-state index < -0.39 is 9.84 Å². The van der Waals surface area contributed by atoms with Gasteiger partial charge in [0, 0.05) is 22.3 Å². The van der Waals surface area contributed by atoms with Crippen LogP contribution in [0.25, 0.3) is 0 Å². The van der Waals surface area contributed by atoms with Gasteiger partial charge in [0.15, 0.2) is 15.0 Å². The highest BCUT2D eigenvalue weighted by Gasteiger charge is 2.28. The maximum absolute atomic E-state index is 12.9. The molecular weight excluding hydrogens is 436 g/mol. The summed E-state index contributed by atoms with van der Waals surface area (Å²) in [7, 11) is -3.32. The van der Waals surface area contributed by atoms with E-state index >= 15 is 0 Å². The van der Waals surface area contributed by atoms with E-state index in [1.165, 1.54) is 30.4 Å². The van der Waals surface area contributed by atoms with E-state index in [4.69, 9.17) is 0 Å². The third kappa shape index (κ3) is 4.72. The Morgan fingerprint density at radius 1 is 1.38 bits per heavy atom. The Morgan fingerprint density at radius 2 is 2.12 bits per heavy atom. The molecule has 1 aromatic carbocycles. The lowest BCUT2D eigenvalue weighted by molar-refractivity contribution is -0.118. The lowest BCUT2D eigenvalue weighted by atomic mass is 9.87. The number of carbonyl (C=O) groups is 1. The molecule has 140 valence electrons. The standard InChI is InChI=1S/C18H21BrN2O3S2/c1-26(23,24)16-7-6-13(11-15(16)19)14(10-12-4-2-3-5-12)17(22)21-18-20-8-9-25-18/h6-9,11-12,14H,2-5,10H2,1H3,(H,20,21,22). The van der Waals surface area contributed by atoms with E-state index in [0.29, 0.717) is 15.5 Å². The summed E-state index contributed by atoms with van der Waals surface area (Å²) in [6.07, 6.45) is 8.31. The summed E-state index contributed by atoms with van der Waals surface area (Å²) in [5.41, 5.74) is 0.824. The van der Waals surface area contributed by atoms with Gasteiger partial charge in [0.1, 0.15) is 0 Å². The van der Waals surface area contributed by atoms with Gasteiger partial charge in [0.2, 0.25) is 5.91 Å². The van der Waals surface area contributed by atoms with Crippen LogP contribution in [0.5, 0.6) is 0 Å². The van der Waals surface area contributed by atoms with Gasteiger partial charge in [-0.3, -0.25) is 4.79 Å². The lowest BCUT2D eigenvalue weighted by Gasteiger charge is -2.21. The summed E-state index contributed by atoms with van der Waals surface area (Å²) in [4.78, 5) is 17.3. The van der Waals surface area contributed by atoms with Crippen molar-refractivity contribution in [1.82, 2.24) is 4.98 Å². The van der Waals surface area contributed by atoms with Crippen molar-refractivity contribution < 1.29 is 13.2 Å². The van der Waals surface area contributed by atoms with Crippen molar-refractivity contribution in [2.75, 3.05) is 11.6 Å². The number of sulfone groups is 1. The van der Waals surface area contributed by atoms with Crippen LogP contribution < -0.4 is 5.32 Å². The van der Waals surface area contributed by atoms with Crippen LogP contribution in [0.3, 0.4) is 0 Å². The molecular formula is C18H21BrN2O3S2. The molecule has 1 aromatic heterocycles. The van der Waals surface area contributed by atoms with Crippen molar-refractivity contribution in [3.63, 3.8) is 0 Å². The average molecular weight is 457 g/mol. The van der Waals surface area contributed by atoms with Crippen LogP contribution >= 0.6 is 27.3 Å². The van der Waals surface area contributed by atoms with Gasteiger partial charge in [-0.1, -0.05) is 31.7 Å². The number of hydrogen-bond donors (Lipinski definition) is 1. The number of aromatic nitrogens is 1. The SMILES string of the molecule is CS(=O)(=O)c1ccc(C(CC2CCCC2)C(=O)Nc2nccs2)cc1Br. The molecule has 1 fully saturated rings. The largest absolute Gasteiger partial charge is 0.301 e. The molecule has 8 heteroatoms. The van der Waals surface area contributed by atoms with Crippen LogP contribution in [0.2, 0.25) is 0 Å². The fourth-order valence-corrected chi connectivity index (χ4v) is 6.02. The smallest absolute Gasteiger partial charge is 0.233 e. The quantitative estimate of drug-likeness (QED) is 0.687. The Balaban J connectivity index is 1.89. The van der Waals surface area contributed by atoms with Crippen LogP contribution in [0.15, 0.2) is 39.1 Å². The molecule has 1 saturated carbocycles. The van der Waals surface area contributed by atoms with Gasteiger partial charge in [-0.2, -0.15) is 0 Å². The van der Waals surface area contributed by atoms with Crippen molar-refractivity contribution in [1.29, 1.82) is 0 Å². The second-order valence-corrected chi connectivity index (χ2v) is 10.5. The second-order valence-electron chi connectivity index (χ2n) is 6.73. The molecule has 2 aromatic rings. The Bertz CT molecular complexity index is 876. The highest BCUT2D eigenvalue weighted by Crippen LogP contribution is 2.36. The van der Waals surface area contributed by atoms with Gasteiger partial charge in [-0.25, -0.2) is 13.4 Å². The number of rotatable bonds is 6. The molecule has 0 radical (unpaired) electrons. The number of amides is 1. The number of carbonyl (C=O) groups excluding carboxylic acids is 1. The van der Waals surface area contributed by atoms with Crippen LogP contribution in [-0.2, 0) is 14.6 Å². The van der Waals surface area contributed by atoms with Crippen molar-refractivity contribution in [2.45, 2.75) is 42.9 Å². The predicted octanol–water partition coefficient (Wildman–Crippen LogP) is 4.61. The van der Waals surface area contributed by atoms with Crippen molar-refractivity contribution >= 4 is 48.1 Å². The molecule has 0 bridgehead atoms. The zero-order chi connectivity index (χ0) is 18.7. The summed E-state index contributed by atoms with van der Waals surface area (Å²) in [6.45, 7) is 0. The minimum atomic E-state index is -3.32. The van der Waals surface area contributed by atoms with Crippen LogP contribution in [-0.4, -0.2) is 25.6 Å². The summed E-state index contributed by atoms with van der Waals surface area (Å²) in [6, 6.07) is 5.09. The van der Waals surface area contributed by atoms with Gasteiger partial charge < -0.3 is 5.32 Å².